The minimum absolute atomic E-state index is 0.0860. The molecule has 1 heterocycles. The number of primary amides is 1. The standard InChI is InChI=1S/C37H51N5O7/c1-36(2)25-20-42(29(27(25)36)32(45)39-26(19-22-15-16-22)30(43)31(38)44)33(46)28(24-13-7-4-8-14-24)40-35(48)41-37(17-9-10-18-37)34(47)49-21-23-11-5-3-6-12-23/h3,5-6,11-12,22,24-29H,4,7-10,13-21H2,1-2H3,(H2,38,44)(H,39,45)(H2,40,41,48)/t25-,26?,27-,28-,29-/m0/s1. The van der Waals surface area contributed by atoms with Crippen molar-refractivity contribution in [1.29, 1.82) is 0 Å². The molecule has 1 saturated heterocycles. The number of nitrogens with zero attached hydrogens (tertiary/aromatic N) is 1. The molecule has 4 saturated carbocycles. The first-order valence-corrected chi connectivity index (χ1v) is 18.2. The molecule has 5 fully saturated rings. The van der Waals surface area contributed by atoms with Gasteiger partial charge in [0.1, 0.15) is 24.2 Å². The zero-order chi connectivity index (χ0) is 34.9. The Hall–Kier alpha value is -3.96. The molecular weight excluding hydrogens is 626 g/mol. The normalized spacial score (nSPS) is 26.5. The molecule has 0 bridgehead atoms. The van der Waals surface area contributed by atoms with Crippen LogP contribution in [0.25, 0.3) is 0 Å². The van der Waals surface area contributed by atoms with Gasteiger partial charge >= 0.3 is 12.0 Å². The fourth-order valence-electron chi connectivity index (χ4n) is 8.80. The molecule has 5 amide bonds. The molecule has 12 nitrogen and oxygen atoms in total. The molecule has 266 valence electrons. The number of carbonyl (C=O) groups is 6. The fraction of sp³-hybridized carbons (Fsp3) is 0.676. The van der Waals surface area contributed by atoms with E-state index in [1.54, 1.807) is 4.90 Å². The van der Waals surface area contributed by atoms with E-state index >= 15 is 0 Å². The van der Waals surface area contributed by atoms with Crippen LogP contribution in [0.3, 0.4) is 0 Å². The van der Waals surface area contributed by atoms with Gasteiger partial charge in [0.05, 0.1) is 6.04 Å². The molecule has 1 aromatic carbocycles. The van der Waals surface area contributed by atoms with Crippen molar-refractivity contribution in [3.63, 3.8) is 0 Å². The number of carbonyl (C=O) groups excluding carboxylic acids is 6. The predicted molar refractivity (Wildman–Crippen MR) is 179 cm³/mol. The third-order valence-electron chi connectivity index (χ3n) is 12.0. The van der Waals surface area contributed by atoms with Crippen molar-refractivity contribution in [2.45, 2.75) is 121 Å². The Morgan fingerprint density at radius 2 is 1.59 bits per heavy atom. The van der Waals surface area contributed by atoms with Crippen LogP contribution in [0.1, 0.15) is 96.5 Å². The molecule has 5 atom stereocenters. The summed E-state index contributed by atoms with van der Waals surface area (Å²) in [5.41, 5.74) is 4.81. The number of hydrogen-bond donors (Lipinski definition) is 4. The smallest absolute Gasteiger partial charge is 0.332 e. The number of urea groups is 1. The van der Waals surface area contributed by atoms with Crippen LogP contribution in [0.2, 0.25) is 0 Å². The molecule has 0 spiro atoms. The number of ether oxygens (including phenoxy) is 1. The Morgan fingerprint density at radius 1 is 0.918 bits per heavy atom. The maximum Gasteiger partial charge on any atom is 0.332 e. The zero-order valence-corrected chi connectivity index (χ0v) is 28.7. The number of piperidine rings is 1. The number of amides is 5. The van der Waals surface area contributed by atoms with Gasteiger partial charge in [0, 0.05) is 6.54 Å². The van der Waals surface area contributed by atoms with Crippen LogP contribution in [0.15, 0.2) is 30.3 Å². The summed E-state index contributed by atoms with van der Waals surface area (Å²) >= 11 is 0. The van der Waals surface area contributed by atoms with Crippen LogP contribution in [0.5, 0.6) is 0 Å². The minimum atomic E-state index is -1.19. The van der Waals surface area contributed by atoms with E-state index in [0.29, 0.717) is 25.8 Å². The second-order valence-corrected chi connectivity index (χ2v) is 15.7. The van der Waals surface area contributed by atoms with Crippen molar-refractivity contribution < 1.29 is 33.5 Å². The number of rotatable bonds is 13. The van der Waals surface area contributed by atoms with Crippen molar-refractivity contribution in [2.24, 2.45) is 34.8 Å². The van der Waals surface area contributed by atoms with Gasteiger partial charge in [0.15, 0.2) is 0 Å². The van der Waals surface area contributed by atoms with Gasteiger partial charge in [0.25, 0.3) is 5.91 Å². The lowest BCUT2D eigenvalue weighted by Crippen LogP contribution is -2.62. The summed E-state index contributed by atoms with van der Waals surface area (Å²) in [6, 6.07) is 5.98. The Morgan fingerprint density at radius 3 is 2.22 bits per heavy atom. The first-order valence-electron chi connectivity index (χ1n) is 18.2. The Labute approximate surface area is 288 Å². The molecule has 5 aliphatic rings. The van der Waals surface area contributed by atoms with E-state index in [0.717, 1.165) is 63.4 Å². The number of likely N-dealkylation sites (tertiary alicyclic amines) is 1. The second-order valence-electron chi connectivity index (χ2n) is 15.7. The topological polar surface area (TPSA) is 177 Å². The summed E-state index contributed by atoms with van der Waals surface area (Å²) in [4.78, 5) is 81.9. The first kappa shape index (κ1) is 34.9. The van der Waals surface area contributed by atoms with Crippen LogP contribution >= 0.6 is 0 Å². The van der Waals surface area contributed by atoms with E-state index in [4.69, 9.17) is 10.5 Å². The Kier molecular flexibility index (Phi) is 10.0. The third kappa shape index (κ3) is 7.48. The van der Waals surface area contributed by atoms with Gasteiger partial charge in [0.2, 0.25) is 17.6 Å². The Balaban J connectivity index is 1.18. The highest BCUT2D eigenvalue weighted by atomic mass is 16.5. The van der Waals surface area contributed by atoms with Crippen molar-refractivity contribution in [1.82, 2.24) is 20.9 Å². The van der Waals surface area contributed by atoms with Gasteiger partial charge in [-0.15, -0.1) is 0 Å². The summed E-state index contributed by atoms with van der Waals surface area (Å²) in [6.45, 7) is 4.59. The lowest BCUT2D eigenvalue weighted by Gasteiger charge is -2.37. The molecule has 12 heteroatoms. The number of nitrogens with two attached hydrogens (primary N) is 1. The summed E-state index contributed by atoms with van der Waals surface area (Å²) in [5, 5.41) is 8.70. The molecule has 0 aromatic heterocycles. The van der Waals surface area contributed by atoms with Gasteiger partial charge in [-0.2, -0.15) is 0 Å². The zero-order valence-electron chi connectivity index (χ0n) is 28.7. The molecule has 6 rings (SSSR count). The number of hydrogen-bond acceptors (Lipinski definition) is 7. The van der Waals surface area contributed by atoms with Crippen molar-refractivity contribution in [2.75, 3.05) is 6.54 Å². The number of Topliss-reactive ketones (excluding diaryl/α,β-unsaturated/α-hetero) is 1. The SMILES string of the molecule is CC1(C)[C@@H]2[C@@H](C(=O)NC(CC3CC3)C(=O)C(N)=O)N(C(=O)[C@@H](NC(=O)NC3(C(=O)OCc4ccccc4)CCCC3)C3CCCCC3)C[C@@H]21. The van der Waals surface area contributed by atoms with Crippen LogP contribution in [-0.4, -0.2) is 70.6 Å². The second kappa shape index (κ2) is 14.1. The molecule has 1 aromatic rings. The lowest BCUT2D eigenvalue weighted by molar-refractivity contribution is -0.152. The monoisotopic (exact) mass is 677 g/mol. The van der Waals surface area contributed by atoms with Gasteiger partial charge in [-0.25, -0.2) is 9.59 Å². The number of fused-ring (bicyclic) bond motifs is 1. The van der Waals surface area contributed by atoms with Crippen LogP contribution in [0, 0.1) is 29.1 Å². The summed E-state index contributed by atoms with van der Waals surface area (Å²) in [5.74, 6) is -3.14. The average Bonchev–Trinajstić information content (AvgIpc) is 3.83. The molecule has 4 aliphatic carbocycles. The van der Waals surface area contributed by atoms with E-state index in [9.17, 15) is 28.8 Å². The van der Waals surface area contributed by atoms with E-state index in [1.807, 2.05) is 30.3 Å². The van der Waals surface area contributed by atoms with E-state index < -0.39 is 53.3 Å². The van der Waals surface area contributed by atoms with Crippen LogP contribution in [0.4, 0.5) is 4.79 Å². The molecule has 5 N–H and O–H groups in total. The molecule has 1 aliphatic heterocycles. The van der Waals surface area contributed by atoms with Gasteiger partial charge in [-0.1, -0.05) is 89.1 Å². The summed E-state index contributed by atoms with van der Waals surface area (Å²) in [7, 11) is 0. The maximum atomic E-state index is 14.6. The largest absolute Gasteiger partial charge is 0.459 e. The predicted octanol–water partition coefficient (Wildman–Crippen LogP) is 3.11. The van der Waals surface area contributed by atoms with Crippen molar-refractivity contribution in [3.05, 3.63) is 35.9 Å². The van der Waals surface area contributed by atoms with Crippen molar-refractivity contribution in [3.8, 4) is 0 Å². The molecule has 49 heavy (non-hydrogen) atoms. The van der Waals surface area contributed by atoms with E-state index in [2.05, 4.69) is 29.8 Å². The maximum absolute atomic E-state index is 14.6. The quantitative estimate of drug-likeness (QED) is 0.183. The summed E-state index contributed by atoms with van der Waals surface area (Å²) < 4.78 is 5.68. The number of esters is 1. The summed E-state index contributed by atoms with van der Waals surface area (Å²) in [6.07, 6.45) is 8.98. The van der Waals surface area contributed by atoms with Crippen molar-refractivity contribution >= 4 is 35.5 Å². The lowest BCUT2D eigenvalue weighted by atomic mass is 9.83. The fourth-order valence-corrected chi connectivity index (χ4v) is 8.80. The first-order chi connectivity index (χ1) is 23.4. The number of ketones is 1. The highest BCUT2D eigenvalue weighted by molar-refractivity contribution is 6.37. The van der Waals surface area contributed by atoms with Crippen LogP contribution in [-0.2, 0) is 35.3 Å². The highest BCUT2D eigenvalue weighted by Gasteiger charge is 2.70. The van der Waals surface area contributed by atoms with Gasteiger partial charge in [-0.3, -0.25) is 19.2 Å². The Bertz CT molecular complexity index is 1450. The number of benzene rings is 1. The highest BCUT2D eigenvalue weighted by Crippen LogP contribution is 2.65. The van der Waals surface area contributed by atoms with Gasteiger partial charge < -0.3 is 31.3 Å². The average molecular weight is 678 g/mol. The molecule has 1 unspecified atom stereocenters. The van der Waals surface area contributed by atoms with E-state index in [-0.39, 0.29) is 41.6 Å². The van der Waals surface area contributed by atoms with Crippen LogP contribution < -0.4 is 21.7 Å². The molecular formula is C37H51N5O7. The third-order valence-corrected chi connectivity index (χ3v) is 12.0. The molecule has 0 radical (unpaired) electrons. The van der Waals surface area contributed by atoms with Gasteiger partial charge in [-0.05, 0) is 66.8 Å². The minimum Gasteiger partial charge on any atom is -0.459 e. The van der Waals surface area contributed by atoms with E-state index in [1.165, 1.54) is 0 Å². The number of nitrogens with one attached hydrogen (secondary N) is 3.